The first kappa shape index (κ1) is 14.3. The Hall–Kier alpha value is -2.09. The van der Waals surface area contributed by atoms with E-state index in [0.717, 1.165) is 0 Å². The Kier molecular flexibility index (Phi) is 4.57. The summed E-state index contributed by atoms with van der Waals surface area (Å²) in [5, 5.41) is 0. The molecule has 0 saturated carbocycles. The lowest BCUT2D eigenvalue weighted by Crippen LogP contribution is -2.38. The Labute approximate surface area is 115 Å². The van der Waals surface area contributed by atoms with Gasteiger partial charge in [0.25, 0.3) is 5.56 Å². The van der Waals surface area contributed by atoms with Crippen LogP contribution in [0.5, 0.6) is 0 Å². The predicted octanol–water partition coefficient (Wildman–Crippen LogP) is -0.706. The molecule has 0 radical (unpaired) electrons. The number of aromatic nitrogens is 2. The molecule has 1 aliphatic rings. The summed E-state index contributed by atoms with van der Waals surface area (Å²) in [5.41, 5.74) is 5.51. The molecule has 1 aromatic heterocycles. The Balaban J connectivity index is 2.20. The third-order valence-electron chi connectivity index (χ3n) is 2.97. The van der Waals surface area contributed by atoms with Crippen LogP contribution in [0.25, 0.3) is 0 Å². The molecule has 1 aliphatic heterocycles. The maximum atomic E-state index is 12.0. The molecule has 2 heterocycles. The van der Waals surface area contributed by atoms with E-state index in [1.165, 1.54) is 0 Å². The number of esters is 1. The van der Waals surface area contributed by atoms with Gasteiger partial charge in [0, 0.05) is 13.1 Å². The first-order chi connectivity index (χ1) is 9.61. The molecule has 0 spiro atoms. The van der Waals surface area contributed by atoms with Crippen molar-refractivity contribution in [2.45, 2.75) is 13.3 Å². The summed E-state index contributed by atoms with van der Waals surface area (Å²) < 4.78 is 10.0. The van der Waals surface area contributed by atoms with Crippen molar-refractivity contribution in [2.75, 3.05) is 43.5 Å². The highest BCUT2D eigenvalue weighted by Gasteiger charge is 2.18. The Morgan fingerprint density at radius 2 is 2.20 bits per heavy atom. The number of nitrogen functional groups attached to an aromatic ring is 1. The van der Waals surface area contributed by atoms with E-state index in [1.54, 1.807) is 6.92 Å². The van der Waals surface area contributed by atoms with Gasteiger partial charge in [-0.3, -0.25) is 14.6 Å². The molecule has 1 saturated heterocycles. The molecule has 2 rings (SSSR count). The quantitative estimate of drug-likeness (QED) is 0.702. The number of nitrogens with two attached hydrogens (primary N) is 1. The molecule has 0 amide bonds. The van der Waals surface area contributed by atoms with Gasteiger partial charge >= 0.3 is 5.97 Å². The van der Waals surface area contributed by atoms with Crippen molar-refractivity contribution in [3.8, 4) is 0 Å². The standard InChI is InChI=1S/C12H18N4O4/c1-2-20-9(17)7-8-10(13)14-12(15-11(8)18)16-3-5-19-6-4-16/h2-7H2,1H3,(H3,13,14,15,18). The van der Waals surface area contributed by atoms with Crippen molar-refractivity contribution in [1.29, 1.82) is 0 Å². The van der Waals surface area contributed by atoms with E-state index >= 15 is 0 Å². The summed E-state index contributed by atoms with van der Waals surface area (Å²) in [4.78, 5) is 32.1. The number of nitrogens with zero attached hydrogens (tertiary/aromatic N) is 2. The molecule has 20 heavy (non-hydrogen) atoms. The third kappa shape index (κ3) is 3.27. The largest absolute Gasteiger partial charge is 0.466 e. The van der Waals surface area contributed by atoms with Crippen LogP contribution < -0.4 is 16.2 Å². The van der Waals surface area contributed by atoms with Gasteiger partial charge in [0.15, 0.2) is 0 Å². The van der Waals surface area contributed by atoms with Crippen LogP contribution in [0.15, 0.2) is 4.79 Å². The van der Waals surface area contributed by atoms with Crippen molar-refractivity contribution in [3.05, 3.63) is 15.9 Å². The Morgan fingerprint density at radius 3 is 2.80 bits per heavy atom. The molecule has 0 bridgehead atoms. The van der Waals surface area contributed by atoms with E-state index in [9.17, 15) is 9.59 Å². The van der Waals surface area contributed by atoms with Gasteiger partial charge in [-0.05, 0) is 6.92 Å². The number of hydrogen-bond acceptors (Lipinski definition) is 7. The number of hydrogen-bond donors (Lipinski definition) is 2. The number of rotatable bonds is 4. The maximum absolute atomic E-state index is 12.0. The van der Waals surface area contributed by atoms with Gasteiger partial charge in [-0.25, -0.2) is 0 Å². The molecule has 1 aromatic rings. The van der Waals surface area contributed by atoms with Gasteiger partial charge in [-0.1, -0.05) is 0 Å². The molecule has 0 atom stereocenters. The van der Waals surface area contributed by atoms with Gasteiger partial charge < -0.3 is 20.1 Å². The number of H-pyrrole nitrogens is 1. The minimum atomic E-state index is -0.495. The van der Waals surface area contributed by atoms with Crippen molar-refractivity contribution in [3.63, 3.8) is 0 Å². The van der Waals surface area contributed by atoms with E-state index < -0.39 is 11.5 Å². The molecule has 0 aliphatic carbocycles. The fourth-order valence-electron chi connectivity index (χ4n) is 1.95. The second kappa shape index (κ2) is 6.38. The fraction of sp³-hybridized carbons (Fsp3) is 0.583. The highest BCUT2D eigenvalue weighted by atomic mass is 16.5. The number of aromatic amines is 1. The minimum absolute atomic E-state index is 0.0586. The fourth-order valence-corrected chi connectivity index (χ4v) is 1.95. The number of carbonyl (C=O) groups is 1. The van der Waals surface area contributed by atoms with Gasteiger partial charge in [0.2, 0.25) is 5.95 Å². The smallest absolute Gasteiger partial charge is 0.310 e. The SMILES string of the molecule is CCOC(=O)Cc1c(N)nc(N2CCOCC2)[nH]c1=O. The molecule has 8 nitrogen and oxygen atoms in total. The van der Waals surface area contributed by atoms with Crippen LogP contribution in [0.3, 0.4) is 0 Å². The zero-order valence-corrected chi connectivity index (χ0v) is 11.3. The van der Waals surface area contributed by atoms with Gasteiger partial charge in [-0.2, -0.15) is 4.98 Å². The van der Waals surface area contributed by atoms with Crippen LogP contribution in [0.4, 0.5) is 11.8 Å². The highest BCUT2D eigenvalue weighted by molar-refractivity contribution is 5.74. The van der Waals surface area contributed by atoms with Crippen LogP contribution in [0.1, 0.15) is 12.5 Å². The highest BCUT2D eigenvalue weighted by Crippen LogP contribution is 2.12. The zero-order chi connectivity index (χ0) is 14.5. The number of morpholine rings is 1. The van der Waals surface area contributed by atoms with Crippen LogP contribution in [0.2, 0.25) is 0 Å². The van der Waals surface area contributed by atoms with E-state index in [0.29, 0.717) is 32.3 Å². The lowest BCUT2D eigenvalue weighted by atomic mass is 10.2. The van der Waals surface area contributed by atoms with Gasteiger partial charge in [0.1, 0.15) is 5.82 Å². The second-order valence-corrected chi connectivity index (χ2v) is 4.33. The number of nitrogens with one attached hydrogen (secondary N) is 1. The summed E-state index contributed by atoms with van der Waals surface area (Å²) in [6, 6.07) is 0. The summed E-state index contributed by atoms with van der Waals surface area (Å²) in [5.74, 6) is -0.0303. The summed E-state index contributed by atoms with van der Waals surface area (Å²) in [6.45, 7) is 4.39. The number of ether oxygens (including phenoxy) is 2. The lowest BCUT2D eigenvalue weighted by Gasteiger charge is -2.27. The van der Waals surface area contributed by atoms with Crippen LogP contribution >= 0.6 is 0 Å². The topological polar surface area (TPSA) is 111 Å². The van der Waals surface area contributed by atoms with Crippen molar-refractivity contribution >= 4 is 17.7 Å². The van der Waals surface area contributed by atoms with E-state index in [2.05, 4.69) is 9.97 Å². The van der Waals surface area contributed by atoms with Crippen LogP contribution in [-0.2, 0) is 20.7 Å². The molecular formula is C12H18N4O4. The molecule has 1 fully saturated rings. The molecule has 0 unspecified atom stereocenters. The average molecular weight is 282 g/mol. The van der Waals surface area contributed by atoms with Crippen molar-refractivity contribution < 1.29 is 14.3 Å². The second-order valence-electron chi connectivity index (χ2n) is 4.33. The van der Waals surface area contributed by atoms with Crippen molar-refractivity contribution in [2.24, 2.45) is 0 Å². The first-order valence-electron chi connectivity index (χ1n) is 6.48. The average Bonchev–Trinajstić information content (AvgIpc) is 2.44. The van der Waals surface area contributed by atoms with E-state index in [-0.39, 0.29) is 24.4 Å². The normalized spacial score (nSPS) is 15.2. The first-order valence-corrected chi connectivity index (χ1v) is 6.48. The minimum Gasteiger partial charge on any atom is -0.466 e. The third-order valence-corrected chi connectivity index (χ3v) is 2.97. The van der Waals surface area contributed by atoms with Crippen LogP contribution in [-0.4, -0.2) is 48.8 Å². The molecule has 3 N–H and O–H groups in total. The maximum Gasteiger partial charge on any atom is 0.310 e. The monoisotopic (exact) mass is 282 g/mol. The molecule has 110 valence electrons. The van der Waals surface area contributed by atoms with Crippen LogP contribution in [0, 0.1) is 0 Å². The number of anilines is 2. The predicted molar refractivity (Wildman–Crippen MR) is 72.6 cm³/mol. The molecule has 0 aromatic carbocycles. The zero-order valence-electron chi connectivity index (χ0n) is 11.3. The van der Waals surface area contributed by atoms with E-state index in [1.807, 2.05) is 4.90 Å². The van der Waals surface area contributed by atoms with E-state index in [4.69, 9.17) is 15.2 Å². The summed E-state index contributed by atoms with van der Waals surface area (Å²) in [6.07, 6.45) is -0.175. The lowest BCUT2D eigenvalue weighted by molar-refractivity contribution is -0.142. The summed E-state index contributed by atoms with van der Waals surface area (Å²) in [7, 11) is 0. The number of carbonyl (C=O) groups excluding carboxylic acids is 1. The molecular weight excluding hydrogens is 264 g/mol. The van der Waals surface area contributed by atoms with Crippen molar-refractivity contribution in [1.82, 2.24) is 9.97 Å². The van der Waals surface area contributed by atoms with Gasteiger partial charge in [0.05, 0.1) is 31.8 Å². The summed E-state index contributed by atoms with van der Waals surface area (Å²) >= 11 is 0. The molecule has 8 heteroatoms. The Morgan fingerprint density at radius 1 is 1.50 bits per heavy atom. The Bertz CT molecular complexity index is 537. The van der Waals surface area contributed by atoms with Gasteiger partial charge in [-0.15, -0.1) is 0 Å².